The molecule has 0 aromatic carbocycles. The average Bonchev–Trinajstić information content (AvgIpc) is 2.51. The lowest BCUT2D eigenvalue weighted by Gasteiger charge is -2.16. The molecule has 0 heterocycles. The summed E-state index contributed by atoms with van der Waals surface area (Å²) in [7, 11) is 0. The van der Waals surface area contributed by atoms with Gasteiger partial charge >= 0.3 is 5.97 Å². The van der Waals surface area contributed by atoms with E-state index < -0.39 is 0 Å². The Morgan fingerprint density at radius 1 is 0.905 bits per heavy atom. The highest BCUT2D eigenvalue weighted by atomic mass is 16.5. The molecule has 0 saturated carbocycles. The molecule has 0 radical (unpaired) electrons. The van der Waals surface area contributed by atoms with Crippen LogP contribution in [0.15, 0.2) is 12.7 Å². The van der Waals surface area contributed by atoms with E-state index in [1.165, 1.54) is 83.1 Å². The topological polar surface area (TPSA) is 26.3 Å². The zero-order valence-electron chi connectivity index (χ0n) is 14.4. The second-order valence-corrected chi connectivity index (χ2v) is 6.11. The monoisotopic (exact) mass is 296 g/mol. The van der Waals surface area contributed by atoms with Crippen molar-refractivity contribution in [3.8, 4) is 0 Å². The zero-order chi connectivity index (χ0) is 15.8. The van der Waals surface area contributed by atoms with E-state index in [-0.39, 0.29) is 5.97 Å². The summed E-state index contributed by atoms with van der Waals surface area (Å²) in [5.41, 5.74) is 0. The summed E-state index contributed by atoms with van der Waals surface area (Å²) in [6, 6.07) is 0. The lowest BCUT2D eigenvalue weighted by atomic mass is 9.95. The first-order valence-electron chi connectivity index (χ1n) is 9.03. The fraction of sp³-hybridized carbons (Fsp3) is 0.842. The maximum Gasteiger partial charge on any atom is 0.330 e. The zero-order valence-corrected chi connectivity index (χ0v) is 14.4. The van der Waals surface area contributed by atoms with E-state index in [0.29, 0.717) is 12.5 Å². The van der Waals surface area contributed by atoms with Crippen LogP contribution in [-0.4, -0.2) is 12.6 Å². The number of hydrogen-bond acceptors (Lipinski definition) is 2. The molecule has 2 nitrogen and oxygen atoms in total. The van der Waals surface area contributed by atoms with Gasteiger partial charge in [-0.3, -0.25) is 0 Å². The second kappa shape index (κ2) is 15.6. The third-order valence-electron chi connectivity index (χ3n) is 4.06. The van der Waals surface area contributed by atoms with Crippen molar-refractivity contribution >= 4 is 5.97 Å². The molecule has 124 valence electrons. The van der Waals surface area contributed by atoms with E-state index in [4.69, 9.17) is 4.74 Å². The van der Waals surface area contributed by atoms with E-state index >= 15 is 0 Å². The second-order valence-electron chi connectivity index (χ2n) is 6.11. The Balaban J connectivity index is 3.64. The van der Waals surface area contributed by atoms with Crippen molar-refractivity contribution in [2.24, 2.45) is 5.92 Å². The van der Waals surface area contributed by atoms with Crippen LogP contribution in [0.2, 0.25) is 0 Å². The van der Waals surface area contributed by atoms with Crippen LogP contribution in [0.25, 0.3) is 0 Å². The van der Waals surface area contributed by atoms with Crippen molar-refractivity contribution in [3.05, 3.63) is 12.7 Å². The maximum atomic E-state index is 11.2. The van der Waals surface area contributed by atoms with Gasteiger partial charge in [0.25, 0.3) is 0 Å². The highest BCUT2D eigenvalue weighted by molar-refractivity contribution is 5.81. The number of carbonyl (C=O) groups is 1. The molecule has 0 aliphatic carbocycles. The number of ether oxygens (including phenoxy) is 1. The molecule has 0 saturated heterocycles. The summed E-state index contributed by atoms with van der Waals surface area (Å²) in [5.74, 6) is 0.251. The predicted molar refractivity (Wildman–Crippen MR) is 91.4 cm³/mol. The molecule has 1 atom stereocenters. The Kier molecular flexibility index (Phi) is 15.0. The minimum absolute atomic E-state index is 0.285. The van der Waals surface area contributed by atoms with Crippen molar-refractivity contribution in [3.63, 3.8) is 0 Å². The molecule has 0 aliphatic heterocycles. The molecule has 0 bridgehead atoms. The quantitative estimate of drug-likeness (QED) is 0.209. The Morgan fingerprint density at radius 3 is 2.00 bits per heavy atom. The number of esters is 1. The normalized spacial score (nSPS) is 12.1. The van der Waals surface area contributed by atoms with Gasteiger partial charge in [0.1, 0.15) is 0 Å². The summed E-state index contributed by atoms with van der Waals surface area (Å²) in [5, 5.41) is 0. The molecule has 0 spiro atoms. The van der Waals surface area contributed by atoms with Crippen LogP contribution in [0, 0.1) is 5.92 Å². The van der Waals surface area contributed by atoms with Crippen LogP contribution < -0.4 is 0 Å². The van der Waals surface area contributed by atoms with Crippen LogP contribution in [0.3, 0.4) is 0 Å². The van der Waals surface area contributed by atoms with Crippen LogP contribution >= 0.6 is 0 Å². The van der Waals surface area contributed by atoms with Crippen LogP contribution in [0.5, 0.6) is 0 Å². The summed E-state index contributed by atoms with van der Waals surface area (Å²) in [6.07, 6.45) is 16.9. The molecule has 0 aromatic rings. The Morgan fingerprint density at radius 2 is 1.43 bits per heavy atom. The number of hydrogen-bond donors (Lipinski definition) is 0. The first-order valence-corrected chi connectivity index (χ1v) is 9.03. The van der Waals surface area contributed by atoms with Crippen LogP contribution in [0.4, 0.5) is 0 Å². The van der Waals surface area contributed by atoms with Crippen molar-refractivity contribution in [2.45, 2.75) is 90.9 Å². The molecule has 0 amide bonds. The maximum absolute atomic E-state index is 11.2. The molecule has 0 aromatic heterocycles. The Labute approximate surface area is 132 Å². The molecule has 1 unspecified atom stereocenters. The molecule has 0 N–H and O–H groups in total. The van der Waals surface area contributed by atoms with Crippen molar-refractivity contribution in [1.29, 1.82) is 0 Å². The third-order valence-corrected chi connectivity index (χ3v) is 4.06. The molecule has 0 rings (SSSR count). The van der Waals surface area contributed by atoms with E-state index in [1.54, 1.807) is 0 Å². The first-order chi connectivity index (χ1) is 10.2. The summed E-state index contributed by atoms with van der Waals surface area (Å²) in [6.45, 7) is 8.48. The third kappa shape index (κ3) is 13.9. The highest BCUT2D eigenvalue weighted by Crippen LogP contribution is 2.18. The lowest BCUT2D eigenvalue weighted by Crippen LogP contribution is -2.13. The highest BCUT2D eigenvalue weighted by Gasteiger charge is 2.10. The largest absolute Gasteiger partial charge is 0.462 e. The van der Waals surface area contributed by atoms with Gasteiger partial charge in [-0.25, -0.2) is 4.79 Å². The first kappa shape index (κ1) is 20.2. The molecular formula is C19H36O2. The fourth-order valence-corrected chi connectivity index (χ4v) is 2.63. The van der Waals surface area contributed by atoms with Gasteiger partial charge in [0.05, 0.1) is 6.61 Å². The SMILES string of the molecule is C=CC(=O)OCC(CCCC)CCCCCCCCCC. The van der Waals surface area contributed by atoms with Gasteiger partial charge in [0, 0.05) is 6.08 Å². The van der Waals surface area contributed by atoms with Gasteiger partial charge in [-0.2, -0.15) is 0 Å². The molecule has 2 heteroatoms. The standard InChI is InChI=1S/C19H36O2/c1-4-7-9-10-11-12-13-14-16-18(15-8-5-2)17-21-19(20)6-3/h6,18H,3-5,7-17H2,1-2H3. The number of unbranched alkanes of at least 4 members (excludes halogenated alkanes) is 8. The minimum Gasteiger partial charge on any atom is -0.462 e. The van der Waals surface area contributed by atoms with E-state index in [0.717, 1.165) is 0 Å². The number of rotatable bonds is 15. The molecular weight excluding hydrogens is 260 g/mol. The smallest absolute Gasteiger partial charge is 0.330 e. The van der Waals surface area contributed by atoms with Gasteiger partial charge in [-0.1, -0.05) is 84.6 Å². The molecule has 21 heavy (non-hydrogen) atoms. The number of carbonyl (C=O) groups excluding carboxylic acids is 1. The van der Waals surface area contributed by atoms with Crippen LogP contribution in [-0.2, 0) is 9.53 Å². The van der Waals surface area contributed by atoms with E-state index in [2.05, 4.69) is 20.4 Å². The molecule has 0 aliphatic rings. The summed E-state index contributed by atoms with van der Waals surface area (Å²) in [4.78, 5) is 11.2. The Bertz CT molecular complexity index is 248. The summed E-state index contributed by atoms with van der Waals surface area (Å²) < 4.78 is 5.22. The summed E-state index contributed by atoms with van der Waals surface area (Å²) >= 11 is 0. The predicted octanol–water partition coefficient (Wildman–Crippen LogP) is 6.05. The van der Waals surface area contributed by atoms with Crippen molar-refractivity contribution in [1.82, 2.24) is 0 Å². The van der Waals surface area contributed by atoms with Gasteiger partial charge in [-0.05, 0) is 18.8 Å². The van der Waals surface area contributed by atoms with Gasteiger partial charge in [0.15, 0.2) is 0 Å². The van der Waals surface area contributed by atoms with Crippen molar-refractivity contribution in [2.75, 3.05) is 6.61 Å². The Hall–Kier alpha value is -0.790. The average molecular weight is 296 g/mol. The lowest BCUT2D eigenvalue weighted by molar-refractivity contribution is -0.139. The van der Waals surface area contributed by atoms with Gasteiger partial charge in [-0.15, -0.1) is 0 Å². The van der Waals surface area contributed by atoms with E-state index in [9.17, 15) is 4.79 Å². The minimum atomic E-state index is -0.285. The van der Waals surface area contributed by atoms with Gasteiger partial charge < -0.3 is 4.74 Å². The fourth-order valence-electron chi connectivity index (χ4n) is 2.63. The van der Waals surface area contributed by atoms with E-state index in [1.807, 2.05) is 0 Å². The van der Waals surface area contributed by atoms with Crippen LogP contribution in [0.1, 0.15) is 90.9 Å². The molecule has 0 fully saturated rings. The van der Waals surface area contributed by atoms with Crippen molar-refractivity contribution < 1.29 is 9.53 Å². The van der Waals surface area contributed by atoms with Gasteiger partial charge in [0.2, 0.25) is 0 Å².